The molecule has 0 unspecified atom stereocenters. The maximum Gasteiger partial charge on any atom is 0.255 e. The summed E-state index contributed by atoms with van der Waals surface area (Å²) in [5, 5.41) is 23.7. The highest BCUT2D eigenvalue weighted by Gasteiger charge is 2.32. The SMILES string of the molecule is CC(C)[C@H]1NC(=O)[C@H](Cc2ccc(O)cc2)NC(=O)C[C@@H](C(=O)NCc2ccc(CN3CCOCC3)cc2)NC(=O)c2ccccc2OC[C@H](C)NC1=O. The number of phenolic OH excluding ortho intramolecular Hbond substituents is 1. The van der Waals surface area contributed by atoms with Gasteiger partial charge in [0.1, 0.15) is 36.2 Å². The number of nitrogens with zero attached hydrogens (tertiary/aromatic N) is 1. The van der Waals surface area contributed by atoms with Crippen LogP contribution in [0.25, 0.3) is 0 Å². The van der Waals surface area contributed by atoms with E-state index in [1.165, 1.54) is 12.1 Å². The van der Waals surface area contributed by atoms with Crippen LogP contribution in [0.3, 0.4) is 0 Å². The fourth-order valence-corrected chi connectivity index (χ4v) is 6.21. The minimum absolute atomic E-state index is 0.00741. The molecule has 5 amide bonds. The van der Waals surface area contributed by atoms with Crippen molar-refractivity contribution in [2.45, 2.75) is 70.9 Å². The van der Waals surface area contributed by atoms with Gasteiger partial charge in [-0.15, -0.1) is 0 Å². The average Bonchev–Trinajstić information content (AvgIpc) is 3.16. The van der Waals surface area contributed by atoms with Crippen molar-refractivity contribution in [3.63, 3.8) is 0 Å². The Kier molecular flexibility index (Phi) is 14.0. The average molecular weight is 743 g/mol. The van der Waals surface area contributed by atoms with Crippen molar-refractivity contribution >= 4 is 29.5 Å². The summed E-state index contributed by atoms with van der Waals surface area (Å²) in [5.74, 6) is -3.05. The molecule has 4 atom stereocenters. The van der Waals surface area contributed by atoms with Crippen LogP contribution < -0.4 is 31.3 Å². The first-order valence-corrected chi connectivity index (χ1v) is 18.3. The largest absolute Gasteiger partial charge is 0.508 e. The summed E-state index contributed by atoms with van der Waals surface area (Å²) in [6.45, 7) is 9.41. The van der Waals surface area contributed by atoms with Gasteiger partial charge in [-0.3, -0.25) is 28.9 Å². The lowest BCUT2D eigenvalue weighted by atomic mass is 10.0. The first-order chi connectivity index (χ1) is 25.9. The maximum atomic E-state index is 13.8. The summed E-state index contributed by atoms with van der Waals surface area (Å²) in [6.07, 6.45) is -0.476. The van der Waals surface area contributed by atoms with Crippen LogP contribution >= 0.6 is 0 Å². The molecule has 288 valence electrons. The van der Waals surface area contributed by atoms with Crippen molar-refractivity contribution in [3.8, 4) is 11.5 Å². The van der Waals surface area contributed by atoms with Gasteiger partial charge in [0.2, 0.25) is 23.6 Å². The zero-order chi connectivity index (χ0) is 38.6. The van der Waals surface area contributed by atoms with E-state index in [9.17, 15) is 29.1 Å². The van der Waals surface area contributed by atoms with Crippen LogP contribution in [0.1, 0.15) is 54.2 Å². The number of rotatable bonds is 8. The molecule has 0 aromatic heterocycles. The molecular formula is C40H50N6O8. The lowest BCUT2D eigenvalue weighted by molar-refractivity contribution is -0.133. The Balaban J connectivity index is 1.38. The van der Waals surface area contributed by atoms with Gasteiger partial charge >= 0.3 is 0 Å². The van der Waals surface area contributed by atoms with Gasteiger partial charge in [0.05, 0.1) is 31.2 Å². The molecule has 0 spiro atoms. The Hall–Kier alpha value is -5.47. The Morgan fingerprint density at radius 2 is 1.52 bits per heavy atom. The van der Waals surface area contributed by atoms with E-state index in [2.05, 4.69) is 31.5 Å². The molecule has 3 aromatic rings. The molecule has 1 fully saturated rings. The highest BCUT2D eigenvalue weighted by Crippen LogP contribution is 2.19. The number of aromatic hydroxyl groups is 1. The molecule has 2 aliphatic heterocycles. The minimum Gasteiger partial charge on any atom is -0.508 e. The predicted molar refractivity (Wildman–Crippen MR) is 200 cm³/mol. The van der Waals surface area contributed by atoms with Gasteiger partial charge in [-0.1, -0.05) is 62.4 Å². The van der Waals surface area contributed by atoms with Crippen LogP contribution in [0, 0.1) is 5.92 Å². The van der Waals surface area contributed by atoms with Gasteiger partial charge in [-0.25, -0.2) is 0 Å². The van der Waals surface area contributed by atoms with E-state index in [0.717, 1.165) is 30.8 Å². The quantitative estimate of drug-likeness (QED) is 0.200. The maximum absolute atomic E-state index is 13.8. The summed E-state index contributed by atoms with van der Waals surface area (Å²) >= 11 is 0. The van der Waals surface area contributed by atoms with Gasteiger partial charge < -0.3 is 41.2 Å². The van der Waals surface area contributed by atoms with Crippen LogP contribution in [-0.4, -0.2) is 96.6 Å². The zero-order valence-electron chi connectivity index (χ0n) is 30.9. The van der Waals surface area contributed by atoms with Crippen LogP contribution in [-0.2, 0) is 43.4 Å². The van der Waals surface area contributed by atoms with E-state index in [0.29, 0.717) is 18.8 Å². The number of morpholine rings is 1. The second-order valence-electron chi connectivity index (χ2n) is 14.1. The van der Waals surface area contributed by atoms with Crippen molar-refractivity contribution in [2.75, 3.05) is 32.9 Å². The number of benzene rings is 3. The first kappa shape index (κ1) is 39.7. The zero-order valence-corrected chi connectivity index (χ0v) is 30.9. The van der Waals surface area contributed by atoms with E-state index in [1.807, 2.05) is 24.3 Å². The molecule has 14 heteroatoms. The summed E-state index contributed by atoms with van der Waals surface area (Å²) in [5.41, 5.74) is 2.72. The fourth-order valence-electron chi connectivity index (χ4n) is 6.21. The van der Waals surface area contributed by atoms with Crippen LogP contribution in [0.15, 0.2) is 72.8 Å². The first-order valence-electron chi connectivity index (χ1n) is 18.3. The molecule has 5 rings (SSSR count). The molecule has 0 radical (unpaired) electrons. The molecule has 2 aliphatic rings. The molecule has 3 aromatic carbocycles. The second-order valence-corrected chi connectivity index (χ2v) is 14.1. The van der Waals surface area contributed by atoms with E-state index < -0.39 is 60.1 Å². The second kappa shape index (κ2) is 19.0. The highest BCUT2D eigenvalue weighted by molar-refractivity contribution is 6.01. The number of para-hydroxylation sites is 1. The van der Waals surface area contributed by atoms with Crippen LogP contribution in [0.2, 0.25) is 0 Å². The fraction of sp³-hybridized carbons (Fsp3) is 0.425. The number of nitrogens with one attached hydrogen (secondary N) is 5. The number of hydrogen-bond donors (Lipinski definition) is 6. The lowest BCUT2D eigenvalue weighted by Crippen LogP contribution is -2.57. The van der Waals surface area contributed by atoms with E-state index in [4.69, 9.17) is 9.47 Å². The van der Waals surface area contributed by atoms with E-state index in [-0.39, 0.29) is 42.6 Å². The normalized spacial score (nSPS) is 22.1. The third-order valence-corrected chi connectivity index (χ3v) is 9.29. The van der Waals surface area contributed by atoms with Crippen molar-refractivity contribution in [1.82, 2.24) is 31.5 Å². The molecule has 0 bridgehead atoms. The summed E-state index contributed by atoms with van der Waals surface area (Å²) in [7, 11) is 0. The number of ether oxygens (including phenoxy) is 2. The van der Waals surface area contributed by atoms with Crippen molar-refractivity contribution in [2.24, 2.45) is 5.92 Å². The third kappa shape index (κ3) is 11.5. The molecule has 0 aliphatic carbocycles. The third-order valence-electron chi connectivity index (χ3n) is 9.29. The van der Waals surface area contributed by atoms with E-state index >= 15 is 0 Å². The van der Waals surface area contributed by atoms with E-state index in [1.54, 1.807) is 57.2 Å². The highest BCUT2D eigenvalue weighted by atomic mass is 16.5. The minimum atomic E-state index is -1.33. The van der Waals surface area contributed by atoms with Gasteiger partial charge in [0.25, 0.3) is 5.91 Å². The van der Waals surface area contributed by atoms with Gasteiger partial charge in [0, 0.05) is 32.6 Å². The number of phenols is 1. The lowest BCUT2D eigenvalue weighted by Gasteiger charge is -2.27. The summed E-state index contributed by atoms with van der Waals surface area (Å²) in [4.78, 5) is 70.7. The standard InChI is InChI=1S/C40H50N6O8/c1-25(2)36-40(52)42-26(3)24-54-34-7-5-4-6-31(34)37(49)44-33(21-35(48)43-32(39(51)45-36)20-27-12-14-30(47)15-13-27)38(50)41-22-28-8-10-29(11-9-28)23-46-16-18-53-19-17-46/h4-15,25-26,32-33,36,47H,16-24H2,1-3H3,(H,41,50)(H,42,52)(H,43,48)(H,44,49)(H,45,51)/t26-,32-,33-,36+/m0/s1. The van der Waals surface area contributed by atoms with Gasteiger partial charge in [0.15, 0.2) is 0 Å². The molecule has 54 heavy (non-hydrogen) atoms. The molecule has 6 N–H and O–H groups in total. The predicted octanol–water partition coefficient (Wildman–Crippen LogP) is 1.79. The summed E-state index contributed by atoms with van der Waals surface area (Å²) in [6, 6.07) is 16.6. The number of carbonyl (C=O) groups is 5. The molecule has 0 saturated carbocycles. The number of carbonyl (C=O) groups excluding carboxylic acids is 5. The number of fused-ring (bicyclic) bond motifs is 1. The Morgan fingerprint density at radius 1 is 0.852 bits per heavy atom. The molecule has 1 saturated heterocycles. The molecule has 2 heterocycles. The van der Waals surface area contributed by atoms with Crippen LogP contribution in [0.5, 0.6) is 11.5 Å². The number of amides is 5. The molecule has 14 nitrogen and oxygen atoms in total. The smallest absolute Gasteiger partial charge is 0.255 e. The van der Waals surface area contributed by atoms with Crippen molar-refractivity contribution < 1.29 is 38.6 Å². The summed E-state index contributed by atoms with van der Waals surface area (Å²) < 4.78 is 11.4. The molecular weight excluding hydrogens is 692 g/mol. The van der Waals surface area contributed by atoms with Crippen molar-refractivity contribution in [1.29, 1.82) is 0 Å². The van der Waals surface area contributed by atoms with Gasteiger partial charge in [-0.05, 0) is 53.8 Å². The Labute approximate surface area is 315 Å². The Bertz CT molecular complexity index is 1760. The van der Waals surface area contributed by atoms with Gasteiger partial charge in [-0.2, -0.15) is 0 Å². The van der Waals surface area contributed by atoms with Crippen molar-refractivity contribution in [3.05, 3.63) is 95.1 Å². The number of hydrogen-bond acceptors (Lipinski definition) is 9. The Morgan fingerprint density at radius 3 is 2.22 bits per heavy atom. The monoisotopic (exact) mass is 742 g/mol. The topological polar surface area (TPSA) is 187 Å². The van der Waals surface area contributed by atoms with Crippen LogP contribution in [0.4, 0.5) is 0 Å².